The van der Waals surface area contributed by atoms with Crippen LogP contribution in [-0.4, -0.2) is 37.6 Å². The topological polar surface area (TPSA) is 127 Å². The fraction of sp³-hybridized carbons (Fsp3) is 0.471. The lowest BCUT2D eigenvalue weighted by Gasteiger charge is -2.19. The van der Waals surface area contributed by atoms with Crippen LogP contribution in [0.2, 0.25) is 0 Å². The van der Waals surface area contributed by atoms with Crippen LogP contribution in [0.1, 0.15) is 32.1 Å². The zero-order valence-electron chi connectivity index (χ0n) is 14.2. The average molecular weight is 379 g/mol. The number of benzene rings is 1. The number of anilines is 1. The van der Waals surface area contributed by atoms with Crippen molar-refractivity contribution in [2.24, 2.45) is 17.0 Å². The van der Waals surface area contributed by atoms with Crippen LogP contribution in [0.25, 0.3) is 0 Å². The Morgan fingerprint density at radius 1 is 1.15 bits per heavy atom. The molecule has 0 bridgehead atoms. The van der Waals surface area contributed by atoms with Crippen LogP contribution in [0.3, 0.4) is 0 Å². The van der Waals surface area contributed by atoms with E-state index >= 15 is 0 Å². The van der Waals surface area contributed by atoms with E-state index in [9.17, 15) is 22.8 Å². The molecular formula is C17H21N3O5S. The predicted octanol–water partition coefficient (Wildman–Crippen LogP) is 0.838. The number of hydrogen-bond donors (Lipinski definition) is 2. The van der Waals surface area contributed by atoms with Crippen LogP contribution in [0, 0.1) is 11.8 Å². The molecule has 1 aliphatic heterocycles. The van der Waals surface area contributed by atoms with E-state index in [1.807, 2.05) is 0 Å². The molecule has 0 radical (unpaired) electrons. The zero-order valence-corrected chi connectivity index (χ0v) is 15.0. The summed E-state index contributed by atoms with van der Waals surface area (Å²) in [6, 6.07) is 5.59. The Labute approximate surface area is 151 Å². The summed E-state index contributed by atoms with van der Waals surface area (Å²) in [6.07, 6.45) is 3.33. The molecule has 1 saturated heterocycles. The maximum atomic E-state index is 12.4. The van der Waals surface area contributed by atoms with Gasteiger partial charge in [-0.1, -0.05) is 18.9 Å². The normalized spacial score (nSPS) is 23.0. The molecule has 1 heterocycles. The lowest BCUT2D eigenvalue weighted by atomic mass is 9.81. The standard InChI is InChI=1S/C17H21N3O5S/c18-26(24,25)12-5-3-4-11(10-12)19-15(21)8-9-20-16(22)13-6-1-2-7-14(13)17(20)23/h3-5,10,13-14H,1-2,6-9H2,(H,19,21)(H2,18,24,25)/t13-,14-/m0/s1. The minimum atomic E-state index is -3.86. The van der Waals surface area contributed by atoms with Crippen LogP contribution in [0.5, 0.6) is 0 Å². The fourth-order valence-corrected chi connectivity index (χ4v) is 4.20. The van der Waals surface area contributed by atoms with E-state index in [1.54, 1.807) is 0 Å². The van der Waals surface area contributed by atoms with Gasteiger partial charge in [-0.05, 0) is 31.0 Å². The molecule has 2 atom stereocenters. The summed E-state index contributed by atoms with van der Waals surface area (Å²) in [4.78, 5) is 37.9. The van der Waals surface area contributed by atoms with Gasteiger partial charge >= 0.3 is 0 Å². The Morgan fingerprint density at radius 2 is 1.77 bits per heavy atom. The van der Waals surface area contributed by atoms with E-state index < -0.39 is 15.9 Å². The van der Waals surface area contributed by atoms with Gasteiger partial charge in [0.2, 0.25) is 27.7 Å². The van der Waals surface area contributed by atoms with Gasteiger partial charge in [0, 0.05) is 18.7 Å². The number of fused-ring (bicyclic) bond motifs is 1. The van der Waals surface area contributed by atoms with Crippen molar-refractivity contribution < 1.29 is 22.8 Å². The second-order valence-corrected chi connectivity index (χ2v) is 8.26. The Balaban J connectivity index is 1.59. The van der Waals surface area contributed by atoms with E-state index in [0.29, 0.717) is 0 Å². The molecule has 2 fully saturated rings. The van der Waals surface area contributed by atoms with Gasteiger partial charge in [-0.3, -0.25) is 19.3 Å². The highest BCUT2D eigenvalue weighted by Gasteiger charge is 2.47. The number of hydrogen-bond acceptors (Lipinski definition) is 5. The van der Waals surface area contributed by atoms with Crippen molar-refractivity contribution in [3.8, 4) is 0 Å². The number of primary sulfonamides is 1. The fourth-order valence-electron chi connectivity index (χ4n) is 3.64. The first-order chi connectivity index (χ1) is 12.3. The van der Waals surface area contributed by atoms with E-state index in [0.717, 1.165) is 25.7 Å². The number of rotatable bonds is 5. The molecule has 1 saturated carbocycles. The Kier molecular flexibility index (Phi) is 5.10. The van der Waals surface area contributed by atoms with Crippen LogP contribution < -0.4 is 10.5 Å². The second kappa shape index (κ2) is 7.16. The third-order valence-electron chi connectivity index (χ3n) is 4.94. The summed E-state index contributed by atoms with van der Waals surface area (Å²) in [7, 11) is -3.86. The van der Waals surface area contributed by atoms with Crippen molar-refractivity contribution in [2.45, 2.75) is 37.0 Å². The molecule has 3 rings (SSSR count). The number of amides is 3. The monoisotopic (exact) mass is 379 g/mol. The molecular weight excluding hydrogens is 358 g/mol. The van der Waals surface area contributed by atoms with Gasteiger partial charge in [-0.25, -0.2) is 13.6 Å². The van der Waals surface area contributed by atoms with Crippen molar-refractivity contribution in [1.82, 2.24) is 4.90 Å². The second-order valence-electron chi connectivity index (χ2n) is 6.70. The number of nitrogens with two attached hydrogens (primary N) is 1. The zero-order chi connectivity index (χ0) is 18.9. The Morgan fingerprint density at radius 3 is 2.35 bits per heavy atom. The van der Waals surface area contributed by atoms with Crippen molar-refractivity contribution in [3.63, 3.8) is 0 Å². The average Bonchev–Trinajstić information content (AvgIpc) is 2.84. The molecule has 8 nitrogen and oxygen atoms in total. The van der Waals surface area contributed by atoms with Gasteiger partial charge in [0.05, 0.1) is 16.7 Å². The molecule has 9 heteroatoms. The summed E-state index contributed by atoms with van der Waals surface area (Å²) >= 11 is 0. The molecule has 1 aliphatic carbocycles. The molecule has 140 valence electrons. The first-order valence-electron chi connectivity index (χ1n) is 8.55. The highest BCUT2D eigenvalue weighted by atomic mass is 32.2. The highest BCUT2D eigenvalue weighted by molar-refractivity contribution is 7.89. The maximum Gasteiger partial charge on any atom is 0.238 e. The van der Waals surface area contributed by atoms with Crippen molar-refractivity contribution in [2.75, 3.05) is 11.9 Å². The first kappa shape index (κ1) is 18.5. The third-order valence-corrected chi connectivity index (χ3v) is 5.85. The van der Waals surface area contributed by atoms with Crippen LogP contribution in [0.15, 0.2) is 29.2 Å². The molecule has 0 aromatic heterocycles. The summed E-state index contributed by atoms with van der Waals surface area (Å²) in [5.41, 5.74) is 0.286. The van der Waals surface area contributed by atoms with Gasteiger partial charge < -0.3 is 5.32 Å². The van der Waals surface area contributed by atoms with Gasteiger partial charge in [-0.2, -0.15) is 0 Å². The quantitative estimate of drug-likeness (QED) is 0.733. The summed E-state index contributed by atoms with van der Waals surface area (Å²) in [5, 5.41) is 7.63. The third kappa shape index (κ3) is 3.78. The number of sulfonamides is 1. The predicted molar refractivity (Wildman–Crippen MR) is 93.2 cm³/mol. The molecule has 1 aromatic rings. The molecule has 3 amide bonds. The minimum absolute atomic E-state index is 0.0331. The van der Waals surface area contributed by atoms with Gasteiger partial charge in [0.15, 0.2) is 0 Å². The van der Waals surface area contributed by atoms with Crippen LogP contribution in [0.4, 0.5) is 5.69 Å². The lowest BCUT2D eigenvalue weighted by molar-refractivity contribution is -0.140. The number of nitrogens with zero attached hydrogens (tertiary/aromatic N) is 1. The highest BCUT2D eigenvalue weighted by Crippen LogP contribution is 2.37. The van der Waals surface area contributed by atoms with Gasteiger partial charge in [-0.15, -0.1) is 0 Å². The maximum absolute atomic E-state index is 12.4. The van der Waals surface area contributed by atoms with E-state index in [4.69, 9.17) is 5.14 Å². The molecule has 2 aliphatic rings. The van der Waals surface area contributed by atoms with Crippen molar-refractivity contribution >= 4 is 33.4 Å². The molecule has 0 spiro atoms. The minimum Gasteiger partial charge on any atom is -0.326 e. The van der Waals surface area contributed by atoms with Gasteiger partial charge in [0.25, 0.3) is 0 Å². The van der Waals surface area contributed by atoms with E-state index in [-0.39, 0.29) is 47.2 Å². The SMILES string of the molecule is NS(=O)(=O)c1cccc(NC(=O)CCN2C(=O)[C@H]3CCCC[C@@H]3C2=O)c1. The Bertz CT molecular complexity index is 828. The van der Waals surface area contributed by atoms with E-state index in [2.05, 4.69) is 5.32 Å². The molecule has 26 heavy (non-hydrogen) atoms. The number of nitrogens with one attached hydrogen (secondary N) is 1. The number of likely N-dealkylation sites (tertiary alicyclic amines) is 1. The summed E-state index contributed by atoms with van der Waals surface area (Å²) < 4.78 is 22.7. The number of carbonyl (C=O) groups excluding carboxylic acids is 3. The van der Waals surface area contributed by atoms with Gasteiger partial charge in [0.1, 0.15) is 0 Å². The smallest absolute Gasteiger partial charge is 0.238 e. The molecule has 1 aromatic carbocycles. The first-order valence-corrected chi connectivity index (χ1v) is 10.1. The Hall–Kier alpha value is -2.26. The van der Waals surface area contributed by atoms with Crippen molar-refractivity contribution in [3.05, 3.63) is 24.3 Å². The number of imide groups is 1. The van der Waals surface area contributed by atoms with Crippen molar-refractivity contribution in [1.29, 1.82) is 0 Å². The molecule has 3 N–H and O–H groups in total. The van der Waals surface area contributed by atoms with Crippen LogP contribution >= 0.6 is 0 Å². The summed E-state index contributed by atoms with van der Waals surface area (Å²) in [6.45, 7) is 0.0331. The van der Waals surface area contributed by atoms with E-state index in [1.165, 1.54) is 29.2 Å². The summed E-state index contributed by atoms with van der Waals surface area (Å²) in [5.74, 6) is -1.23. The lowest BCUT2D eigenvalue weighted by Crippen LogP contribution is -2.34. The largest absolute Gasteiger partial charge is 0.326 e. The van der Waals surface area contributed by atoms with Crippen LogP contribution in [-0.2, 0) is 24.4 Å². The molecule has 0 unspecified atom stereocenters. The number of carbonyl (C=O) groups is 3.